The quantitative estimate of drug-likeness (QED) is 0.396. The predicted octanol–water partition coefficient (Wildman–Crippen LogP) is 2.20. The Morgan fingerprint density at radius 2 is 2.09 bits per heavy atom. The molecule has 1 aliphatic rings. The average Bonchev–Trinajstić information content (AvgIpc) is 2.88. The van der Waals surface area contributed by atoms with Gasteiger partial charge in [-0.1, -0.05) is 12.2 Å². The van der Waals surface area contributed by atoms with Gasteiger partial charge in [-0.15, -0.1) is 0 Å². The maximum atomic E-state index is 13.6. The summed E-state index contributed by atoms with van der Waals surface area (Å²) in [6, 6.07) is 3.84. The summed E-state index contributed by atoms with van der Waals surface area (Å²) in [5, 5.41) is 3.34. The fraction of sp³-hybridized carbons (Fsp3) is 0.250. The zero-order valence-corrected chi connectivity index (χ0v) is 12.3. The van der Waals surface area contributed by atoms with Crippen LogP contribution in [-0.4, -0.2) is 24.7 Å². The predicted molar refractivity (Wildman–Crippen MR) is 78.2 cm³/mol. The number of carbonyl (C=O) groups excluding carboxylic acids is 2. The lowest BCUT2D eigenvalue weighted by Gasteiger charge is -2.19. The van der Waals surface area contributed by atoms with Crippen LogP contribution in [0, 0.1) is 12.7 Å². The van der Waals surface area contributed by atoms with Crippen molar-refractivity contribution in [1.29, 1.82) is 0 Å². The standard InChI is InChI=1S/C16H14FNO5/c1-9-6-10-7-11(17)8-12(14(10)21-9)22-15(19)16(20)23-13-4-2-3-5-18-13/h2-3,6-8,13,18H,4-5H2,1H3. The normalized spacial score (nSPS) is 17.2. The summed E-state index contributed by atoms with van der Waals surface area (Å²) >= 11 is 0. The molecule has 0 amide bonds. The van der Waals surface area contributed by atoms with Gasteiger partial charge in [0.15, 0.2) is 17.6 Å². The van der Waals surface area contributed by atoms with E-state index in [1.165, 1.54) is 6.07 Å². The summed E-state index contributed by atoms with van der Waals surface area (Å²) in [5.41, 5.74) is 0.198. The average molecular weight is 319 g/mol. The molecule has 1 atom stereocenters. The number of nitrogens with one attached hydrogen (secondary N) is 1. The van der Waals surface area contributed by atoms with Crippen LogP contribution in [0.3, 0.4) is 0 Å². The Kier molecular flexibility index (Phi) is 4.12. The van der Waals surface area contributed by atoms with Crippen molar-refractivity contribution >= 4 is 22.9 Å². The second-order valence-electron chi connectivity index (χ2n) is 5.08. The summed E-state index contributed by atoms with van der Waals surface area (Å²) in [5.74, 6) is -2.62. The van der Waals surface area contributed by atoms with Crippen LogP contribution >= 0.6 is 0 Å². The molecule has 2 heterocycles. The van der Waals surface area contributed by atoms with Crippen molar-refractivity contribution in [3.05, 3.63) is 41.9 Å². The second-order valence-corrected chi connectivity index (χ2v) is 5.08. The van der Waals surface area contributed by atoms with E-state index in [1.807, 2.05) is 12.2 Å². The number of ether oxygens (including phenoxy) is 2. The van der Waals surface area contributed by atoms with Gasteiger partial charge in [0.1, 0.15) is 11.6 Å². The highest BCUT2D eigenvalue weighted by molar-refractivity contribution is 6.30. The topological polar surface area (TPSA) is 77.8 Å². The molecule has 0 fully saturated rings. The van der Waals surface area contributed by atoms with Crippen LogP contribution in [0.4, 0.5) is 4.39 Å². The van der Waals surface area contributed by atoms with Crippen LogP contribution in [0.5, 0.6) is 5.75 Å². The molecule has 0 saturated carbocycles. The lowest BCUT2D eigenvalue weighted by Crippen LogP contribution is -2.38. The third kappa shape index (κ3) is 3.40. The smallest absolute Gasteiger partial charge is 0.423 e. The summed E-state index contributed by atoms with van der Waals surface area (Å²) in [6.45, 7) is 2.23. The van der Waals surface area contributed by atoms with Crippen molar-refractivity contribution in [2.75, 3.05) is 6.54 Å². The number of furan rings is 1. The number of aryl methyl sites for hydroxylation is 1. The van der Waals surface area contributed by atoms with Crippen LogP contribution < -0.4 is 10.1 Å². The zero-order chi connectivity index (χ0) is 16.4. The molecule has 1 aromatic heterocycles. The lowest BCUT2D eigenvalue weighted by atomic mass is 10.2. The van der Waals surface area contributed by atoms with E-state index < -0.39 is 24.0 Å². The molecule has 0 radical (unpaired) electrons. The lowest BCUT2D eigenvalue weighted by molar-refractivity contribution is -0.166. The molecule has 3 rings (SSSR count). The number of fused-ring (bicyclic) bond motifs is 1. The molecule has 2 aromatic rings. The molecule has 23 heavy (non-hydrogen) atoms. The molecule has 1 aromatic carbocycles. The van der Waals surface area contributed by atoms with Gasteiger partial charge in [0, 0.05) is 24.4 Å². The van der Waals surface area contributed by atoms with Gasteiger partial charge in [-0.3, -0.25) is 5.32 Å². The summed E-state index contributed by atoms with van der Waals surface area (Å²) in [7, 11) is 0. The van der Waals surface area contributed by atoms with Gasteiger partial charge in [0.05, 0.1) is 0 Å². The largest absolute Gasteiger partial charge is 0.457 e. The van der Waals surface area contributed by atoms with E-state index in [-0.39, 0.29) is 11.3 Å². The molecule has 0 spiro atoms. The van der Waals surface area contributed by atoms with Gasteiger partial charge in [0.25, 0.3) is 0 Å². The fourth-order valence-electron chi connectivity index (χ4n) is 2.29. The maximum Gasteiger partial charge on any atom is 0.423 e. The molecule has 0 aliphatic carbocycles. The molecule has 1 aliphatic heterocycles. The number of halogens is 1. The zero-order valence-electron chi connectivity index (χ0n) is 12.3. The molecule has 7 heteroatoms. The van der Waals surface area contributed by atoms with E-state index in [0.29, 0.717) is 24.1 Å². The first-order valence-electron chi connectivity index (χ1n) is 7.04. The van der Waals surface area contributed by atoms with Gasteiger partial charge < -0.3 is 13.9 Å². The first kappa shape index (κ1) is 15.2. The first-order valence-corrected chi connectivity index (χ1v) is 7.04. The van der Waals surface area contributed by atoms with Gasteiger partial charge in [-0.05, 0) is 19.1 Å². The van der Waals surface area contributed by atoms with Crippen molar-refractivity contribution < 1.29 is 27.9 Å². The Balaban J connectivity index is 1.74. The van der Waals surface area contributed by atoms with Crippen LogP contribution in [-0.2, 0) is 14.3 Å². The summed E-state index contributed by atoms with van der Waals surface area (Å²) in [6.07, 6.45) is 3.59. The molecule has 0 bridgehead atoms. The third-order valence-electron chi connectivity index (χ3n) is 3.27. The van der Waals surface area contributed by atoms with Crippen molar-refractivity contribution in [1.82, 2.24) is 5.32 Å². The monoisotopic (exact) mass is 319 g/mol. The number of benzene rings is 1. The molecule has 120 valence electrons. The van der Waals surface area contributed by atoms with E-state index in [1.54, 1.807) is 13.0 Å². The van der Waals surface area contributed by atoms with E-state index in [2.05, 4.69) is 5.32 Å². The summed E-state index contributed by atoms with van der Waals surface area (Å²) < 4.78 is 28.8. The number of esters is 2. The minimum absolute atomic E-state index is 0.161. The number of hydrogen-bond acceptors (Lipinski definition) is 6. The van der Waals surface area contributed by atoms with Crippen LogP contribution in [0.2, 0.25) is 0 Å². The van der Waals surface area contributed by atoms with Gasteiger partial charge in [0.2, 0.25) is 0 Å². The van der Waals surface area contributed by atoms with Gasteiger partial charge in [-0.25, -0.2) is 14.0 Å². The molecule has 0 saturated heterocycles. The molecular weight excluding hydrogens is 305 g/mol. The van der Waals surface area contributed by atoms with Crippen LogP contribution in [0.1, 0.15) is 12.2 Å². The highest BCUT2D eigenvalue weighted by Gasteiger charge is 2.24. The Hall–Kier alpha value is -2.67. The number of hydrogen-bond donors (Lipinski definition) is 1. The highest BCUT2D eigenvalue weighted by atomic mass is 19.1. The summed E-state index contributed by atoms with van der Waals surface area (Å²) in [4.78, 5) is 23.6. The molecule has 6 nitrogen and oxygen atoms in total. The minimum Gasteiger partial charge on any atom is -0.457 e. The van der Waals surface area contributed by atoms with Gasteiger partial charge >= 0.3 is 11.9 Å². The first-order chi connectivity index (χ1) is 11.0. The van der Waals surface area contributed by atoms with Crippen molar-refractivity contribution in [3.8, 4) is 5.75 Å². The highest BCUT2D eigenvalue weighted by Crippen LogP contribution is 2.30. The van der Waals surface area contributed by atoms with E-state index >= 15 is 0 Å². The van der Waals surface area contributed by atoms with E-state index in [4.69, 9.17) is 13.9 Å². The van der Waals surface area contributed by atoms with E-state index in [0.717, 1.165) is 6.07 Å². The number of carbonyl (C=O) groups is 2. The maximum absolute atomic E-state index is 13.6. The van der Waals surface area contributed by atoms with Crippen LogP contribution in [0.15, 0.2) is 34.8 Å². The van der Waals surface area contributed by atoms with Crippen molar-refractivity contribution in [2.45, 2.75) is 19.6 Å². The molecule has 1 N–H and O–H groups in total. The second kappa shape index (κ2) is 6.21. The third-order valence-corrected chi connectivity index (χ3v) is 3.27. The SMILES string of the molecule is Cc1cc2cc(F)cc(OC(=O)C(=O)OC3CC=CCN3)c2o1. The Bertz CT molecular complexity index is 795. The molecular formula is C16H14FNO5. The van der Waals surface area contributed by atoms with Crippen LogP contribution in [0.25, 0.3) is 11.0 Å². The Morgan fingerprint density at radius 1 is 1.26 bits per heavy atom. The van der Waals surface area contributed by atoms with E-state index in [9.17, 15) is 14.0 Å². The van der Waals surface area contributed by atoms with Gasteiger partial charge in [-0.2, -0.15) is 0 Å². The Morgan fingerprint density at radius 3 is 2.83 bits per heavy atom. The van der Waals surface area contributed by atoms with Crippen molar-refractivity contribution in [3.63, 3.8) is 0 Å². The molecule has 1 unspecified atom stereocenters. The Labute approximate surface area is 130 Å². The minimum atomic E-state index is -1.23. The number of rotatable bonds is 2. The fourth-order valence-corrected chi connectivity index (χ4v) is 2.29. The van der Waals surface area contributed by atoms with Crippen molar-refractivity contribution in [2.24, 2.45) is 0 Å².